The molecule has 2 amide bonds. The highest BCUT2D eigenvalue weighted by molar-refractivity contribution is 7.89. The van der Waals surface area contributed by atoms with Crippen molar-refractivity contribution < 1.29 is 22.4 Å². The Kier molecular flexibility index (Phi) is 6.42. The Hall–Kier alpha value is -2.78. The van der Waals surface area contributed by atoms with Crippen LogP contribution in [0.25, 0.3) is 0 Å². The van der Waals surface area contributed by atoms with Gasteiger partial charge in [-0.1, -0.05) is 42.5 Å². The van der Waals surface area contributed by atoms with E-state index in [4.69, 9.17) is 0 Å². The maximum Gasteiger partial charge on any atom is 0.256 e. The van der Waals surface area contributed by atoms with Gasteiger partial charge in [-0.15, -0.1) is 0 Å². The van der Waals surface area contributed by atoms with Gasteiger partial charge in [0.05, 0.1) is 12.5 Å². The van der Waals surface area contributed by atoms with Crippen molar-refractivity contribution in [1.82, 2.24) is 15.6 Å². The number of carbonyl (C=O) groups excluding carboxylic acids is 2. The molecule has 0 spiro atoms. The van der Waals surface area contributed by atoms with Crippen LogP contribution in [0.15, 0.2) is 59.5 Å². The monoisotopic (exact) mass is 379 g/mol. The van der Waals surface area contributed by atoms with Gasteiger partial charge in [-0.3, -0.25) is 20.4 Å². The van der Waals surface area contributed by atoms with Crippen LogP contribution in [0.5, 0.6) is 0 Å². The third-order valence-electron chi connectivity index (χ3n) is 3.38. The molecule has 0 aliphatic heterocycles. The van der Waals surface area contributed by atoms with Crippen molar-refractivity contribution in [2.24, 2.45) is 0 Å². The van der Waals surface area contributed by atoms with Crippen molar-refractivity contribution in [1.29, 1.82) is 0 Å². The summed E-state index contributed by atoms with van der Waals surface area (Å²) in [6.45, 7) is 1.27. The average molecular weight is 379 g/mol. The molecular formula is C17H18FN3O4S. The Morgan fingerprint density at radius 2 is 1.62 bits per heavy atom. The third kappa shape index (κ3) is 5.36. The van der Waals surface area contributed by atoms with E-state index in [0.717, 1.165) is 17.7 Å². The maximum absolute atomic E-state index is 13.6. The lowest BCUT2D eigenvalue weighted by Gasteiger charge is -2.15. The summed E-state index contributed by atoms with van der Waals surface area (Å²) in [6, 6.07) is 12.5. The molecule has 26 heavy (non-hydrogen) atoms. The molecule has 0 saturated carbocycles. The molecule has 3 N–H and O–H groups in total. The van der Waals surface area contributed by atoms with Crippen LogP contribution in [0.4, 0.5) is 4.39 Å². The fourth-order valence-electron chi connectivity index (χ4n) is 2.08. The van der Waals surface area contributed by atoms with E-state index in [1.807, 2.05) is 6.07 Å². The zero-order valence-electron chi connectivity index (χ0n) is 13.9. The van der Waals surface area contributed by atoms with Crippen LogP contribution < -0.4 is 15.6 Å². The van der Waals surface area contributed by atoms with Crippen LogP contribution in [0.2, 0.25) is 0 Å². The minimum atomic E-state index is -4.22. The minimum Gasteiger partial charge on any atom is -0.273 e. The molecule has 2 aromatic carbocycles. The number of hydrazine groups is 1. The first-order chi connectivity index (χ1) is 12.3. The topological polar surface area (TPSA) is 104 Å². The molecule has 0 aliphatic carbocycles. The standard InChI is InChI=1S/C17H18FN3O4S/c1-12(21-26(24,25)15-10-6-5-9-14(15)18)17(23)20-19-16(22)11-13-7-3-2-4-8-13/h2-10,12,21H,11H2,1H3,(H,19,22)(H,20,23)/t12-/m1/s1. The van der Waals surface area contributed by atoms with Crippen molar-refractivity contribution in [3.63, 3.8) is 0 Å². The van der Waals surface area contributed by atoms with Crippen LogP contribution in [-0.2, 0) is 26.0 Å². The Morgan fingerprint density at radius 3 is 2.27 bits per heavy atom. The molecular weight excluding hydrogens is 361 g/mol. The second-order valence-corrected chi connectivity index (χ2v) is 7.16. The SMILES string of the molecule is C[C@@H](NS(=O)(=O)c1ccccc1F)C(=O)NNC(=O)Cc1ccccc1. The molecule has 1 atom stereocenters. The number of rotatable bonds is 6. The van der Waals surface area contributed by atoms with Gasteiger partial charge in [-0.25, -0.2) is 12.8 Å². The molecule has 2 aromatic rings. The van der Waals surface area contributed by atoms with E-state index >= 15 is 0 Å². The average Bonchev–Trinajstić information content (AvgIpc) is 2.60. The zero-order chi connectivity index (χ0) is 19.2. The summed E-state index contributed by atoms with van der Waals surface area (Å²) >= 11 is 0. The van der Waals surface area contributed by atoms with Gasteiger partial charge in [-0.2, -0.15) is 4.72 Å². The van der Waals surface area contributed by atoms with Crippen LogP contribution in [0.3, 0.4) is 0 Å². The number of sulfonamides is 1. The molecule has 0 aliphatic rings. The molecule has 0 bridgehead atoms. The van der Waals surface area contributed by atoms with Crippen LogP contribution >= 0.6 is 0 Å². The van der Waals surface area contributed by atoms with Gasteiger partial charge in [0.25, 0.3) is 5.91 Å². The molecule has 138 valence electrons. The van der Waals surface area contributed by atoms with Crippen molar-refractivity contribution in [2.75, 3.05) is 0 Å². The minimum absolute atomic E-state index is 0.0520. The van der Waals surface area contributed by atoms with Gasteiger partial charge in [0, 0.05) is 0 Å². The molecule has 0 saturated heterocycles. The fraction of sp³-hybridized carbons (Fsp3) is 0.176. The highest BCUT2D eigenvalue weighted by Gasteiger charge is 2.24. The summed E-state index contributed by atoms with van der Waals surface area (Å²) in [6.07, 6.45) is 0.0520. The quantitative estimate of drug-likeness (QED) is 0.648. The van der Waals surface area contributed by atoms with Crippen LogP contribution in [-0.4, -0.2) is 26.3 Å². The molecule has 0 radical (unpaired) electrons. The number of carbonyl (C=O) groups is 2. The number of hydrogen-bond acceptors (Lipinski definition) is 4. The summed E-state index contributed by atoms with van der Waals surface area (Å²) in [5, 5.41) is 0. The van der Waals surface area contributed by atoms with Crippen LogP contribution in [0, 0.1) is 5.82 Å². The van der Waals surface area contributed by atoms with E-state index in [9.17, 15) is 22.4 Å². The van der Waals surface area contributed by atoms with Crippen molar-refractivity contribution in [3.05, 3.63) is 66.0 Å². The summed E-state index contributed by atoms with van der Waals surface area (Å²) < 4.78 is 39.9. The number of amides is 2. The maximum atomic E-state index is 13.6. The second-order valence-electron chi connectivity index (χ2n) is 5.47. The number of nitrogens with one attached hydrogen (secondary N) is 3. The summed E-state index contributed by atoms with van der Waals surface area (Å²) in [7, 11) is -4.22. The Morgan fingerprint density at radius 1 is 1.00 bits per heavy atom. The number of benzene rings is 2. The fourth-order valence-corrected chi connectivity index (χ4v) is 3.36. The lowest BCUT2D eigenvalue weighted by molar-refractivity contribution is -0.129. The first-order valence-corrected chi connectivity index (χ1v) is 9.17. The van der Waals surface area contributed by atoms with Gasteiger partial charge in [0.1, 0.15) is 10.7 Å². The van der Waals surface area contributed by atoms with Gasteiger partial charge >= 0.3 is 0 Å². The number of hydrogen-bond donors (Lipinski definition) is 3. The van der Waals surface area contributed by atoms with E-state index in [1.165, 1.54) is 19.1 Å². The smallest absolute Gasteiger partial charge is 0.256 e. The molecule has 9 heteroatoms. The molecule has 0 aromatic heterocycles. The first kappa shape index (κ1) is 19.5. The van der Waals surface area contributed by atoms with E-state index in [-0.39, 0.29) is 6.42 Å². The third-order valence-corrected chi connectivity index (χ3v) is 4.96. The van der Waals surface area contributed by atoms with Crippen LogP contribution in [0.1, 0.15) is 12.5 Å². The molecule has 0 fully saturated rings. The summed E-state index contributed by atoms with van der Waals surface area (Å²) in [5.74, 6) is -2.18. The highest BCUT2D eigenvalue weighted by atomic mass is 32.2. The lowest BCUT2D eigenvalue weighted by atomic mass is 10.1. The van der Waals surface area contributed by atoms with Gasteiger partial charge in [0.15, 0.2) is 0 Å². The Bertz CT molecular complexity index is 888. The molecule has 7 nitrogen and oxygen atoms in total. The van der Waals surface area contributed by atoms with E-state index < -0.39 is 38.6 Å². The van der Waals surface area contributed by atoms with Crippen molar-refractivity contribution >= 4 is 21.8 Å². The van der Waals surface area contributed by atoms with Gasteiger partial charge in [0.2, 0.25) is 15.9 Å². The van der Waals surface area contributed by atoms with E-state index in [1.54, 1.807) is 24.3 Å². The number of halogens is 1. The zero-order valence-corrected chi connectivity index (χ0v) is 14.7. The summed E-state index contributed by atoms with van der Waals surface area (Å²) in [5.41, 5.74) is 5.09. The second kappa shape index (κ2) is 8.54. The lowest BCUT2D eigenvalue weighted by Crippen LogP contribution is -2.51. The highest BCUT2D eigenvalue weighted by Crippen LogP contribution is 2.13. The van der Waals surface area contributed by atoms with Crippen molar-refractivity contribution in [3.8, 4) is 0 Å². The largest absolute Gasteiger partial charge is 0.273 e. The molecule has 0 unspecified atom stereocenters. The predicted octanol–water partition coefficient (Wildman–Crippen LogP) is 0.883. The molecule has 2 rings (SSSR count). The molecule has 0 heterocycles. The van der Waals surface area contributed by atoms with E-state index in [2.05, 4.69) is 15.6 Å². The Labute approximate surface area is 150 Å². The predicted molar refractivity (Wildman–Crippen MR) is 92.6 cm³/mol. The Balaban J connectivity index is 1.89. The van der Waals surface area contributed by atoms with Crippen molar-refractivity contribution in [2.45, 2.75) is 24.3 Å². The van der Waals surface area contributed by atoms with Gasteiger partial charge in [-0.05, 0) is 24.6 Å². The normalized spacial score (nSPS) is 12.2. The van der Waals surface area contributed by atoms with E-state index in [0.29, 0.717) is 0 Å². The first-order valence-electron chi connectivity index (χ1n) is 7.69. The van der Waals surface area contributed by atoms with Gasteiger partial charge < -0.3 is 0 Å². The summed E-state index contributed by atoms with van der Waals surface area (Å²) in [4.78, 5) is 23.2.